The van der Waals surface area contributed by atoms with E-state index >= 15 is 0 Å². The van der Waals surface area contributed by atoms with Crippen LogP contribution in [0.15, 0.2) is 128 Å². The summed E-state index contributed by atoms with van der Waals surface area (Å²) in [6, 6.07) is 36.2. The van der Waals surface area contributed by atoms with Gasteiger partial charge < -0.3 is 41.6 Å². The highest BCUT2D eigenvalue weighted by atomic mass is 79.9. The molecular weight excluding hydrogens is 706 g/mol. The summed E-state index contributed by atoms with van der Waals surface area (Å²) in [5.74, 6) is 0.370. The van der Waals surface area contributed by atoms with Crippen molar-refractivity contribution in [2.75, 3.05) is 27.3 Å². The van der Waals surface area contributed by atoms with E-state index in [0.717, 1.165) is 24.2 Å². The number of nitrogens with zero attached hydrogens (tertiary/aromatic N) is 3. The van der Waals surface area contributed by atoms with E-state index in [1.165, 1.54) is 5.56 Å². The molecule has 2 fully saturated rings. The maximum absolute atomic E-state index is 14.1. The van der Waals surface area contributed by atoms with Crippen LogP contribution in [0.4, 0.5) is 0 Å². The van der Waals surface area contributed by atoms with Crippen LogP contribution in [0.3, 0.4) is 0 Å². The molecule has 0 unspecified atom stereocenters. The summed E-state index contributed by atoms with van der Waals surface area (Å²) in [7, 11) is 3.15. The van der Waals surface area contributed by atoms with E-state index < -0.39 is 23.0 Å². The fourth-order valence-electron chi connectivity index (χ4n) is 8.65. The second-order valence-corrected chi connectivity index (χ2v) is 13.7. The maximum Gasteiger partial charge on any atom is 0.244 e. The summed E-state index contributed by atoms with van der Waals surface area (Å²) in [6.45, 7) is 2.27. The lowest BCUT2D eigenvalue weighted by atomic mass is 9.51. The van der Waals surface area contributed by atoms with Crippen LogP contribution >= 0.6 is 0 Å². The quantitative estimate of drug-likeness (QED) is 0.203. The zero-order chi connectivity index (χ0) is 34.7. The van der Waals surface area contributed by atoms with Crippen molar-refractivity contribution in [1.29, 1.82) is 0 Å². The fraction of sp³-hybridized carbons (Fsp3) is 0.333. The number of likely N-dealkylation sites (tertiary alicyclic amines) is 1. The first-order chi connectivity index (χ1) is 24.4. The molecule has 9 heteroatoms. The highest BCUT2D eigenvalue weighted by molar-refractivity contribution is 5.76. The smallest absolute Gasteiger partial charge is 0.244 e. The maximum atomic E-state index is 14.1. The molecule has 4 aromatic carbocycles. The number of hydrogen-bond acceptors (Lipinski definition) is 5. The van der Waals surface area contributed by atoms with Gasteiger partial charge in [0.2, 0.25) is 12.2 Å². The Balaban J connectivity index is 0.00000448. The monoisotopic (exact) mass is 751 g/mol. The molecule has 51 heavy (non-hydrogen) atoms. The zero-order valence-corrected chi connectivity index (χ0v) is 30.7. The van der Waals surface area contributed by atoms with Gasteiger partial charge in [-0.25, -0.2) is 9.13 Å². The third kappa shape index (κ3) is 6.82. The van der Waals surface area contributed by atoms with Gasteiger partial charge in [-0.3, -0.25) is 4.79 Å². The number of amides is 1. The van der Waals surface area contributed by atoms with E-state index in [0.29, 0.717) is 43.0 Å². The number of carbonyl (C=O) groups excluding carboxylic acids is 1. The van der Waals surface area contributed by atoms with E-state index in [2.05, 4.69) is 64.3 Å². The van der Waals surface area contributed by atoms with Gasteiger partial charge in [-0.1, -0.05) is 91.0 Å². The van der Waals surface area contributed by atoms with Crippen molar-refractivity contribution >= 4 is 5.91 Å². The number of aliphatic hydroxyl groups is 2. The molecule has 2 N–H and O–H groups in total. The molecule has 2 aliphatic rings. The van der Waals surface area contributed by atoms with Gasteiger partial charge in [-0.05, 0) is 53.6 Å². The van der Waals surface area contributed by atoms with Crippen molar-refractivity contribution in [1.82, 2.24) is 9.47 Å². The summed E-state index contributed by atoms with van der Waals surface area (Å²) in [5.41, 5.74) is 1.47. The molecule has 266 valence electrons. The molecule has 1 amide bonds. The SMILES string of the molecule is COc1ccc(OC)c([C@@]2(O)[C@H](O)CC(c3ccccc3)(c3ccccc3)[C@@H]3CN(C(=O)CCC[n+]4ccn(Cc5ccccc5)c4)C[C@@H]32)c1.[Br-]. The highest BCUT2D eigenvalue weighted by Gasteiger charge is 2.65. The molecule has 8 nitrogen and oxygen atoms in total. The van der Waals surface area contributed by atoms with Crippen LogP contribution in [-0.2, 0) is 28.9 Å². The number of rotatable bonds is 11. The van der Waals surface area contributed by atoms with Crippen molar-refractivity contribution in [3.8, 4) is 11.5 Å². The fourth-order valence-corrected chi connectivity index (χ4v) is 8.65. The molecule has 7 rings (SSSR count). The molecule has 2 heterocycles. The topological polar surface area (TPSA) is 88.0 Å². The molecule has 0 bridgehead atoms. The Hall–Kier alpha value is -4.44. The number of carbonyl (C=O) groups is 1. The molecule has 1 aliphatic carbocycles. The Kier molecular flexibility index (Phi) is 11.0. The van der Waals surface area contributed by atoms with Crippen LogP contribution < -0.4 is 31.0 Å². The van der Waals surface area contributed by atoms with Crippen LogP contribution in [-0.4, -0.2) is 59.0 Å². The van der Waals surface area contributed by atoms with Crippen molar-refractivity contribution in [2.24, 2.45) is 11.8 Å². The first-order valence-corrected chi connectivity index (χ1v) is 17.5. The largest absolute Gasteiger partial charge is 1.00 e. The number of aliphatic hydroxyl groups excluding tert-OH is 1. The van der Waals surface area contributed by atoms with E-state index in [4.69, 9.17) is 9.47 Å². The Bertz CT molecular complexity index is 1860. The third-order valence-electron chi connectivity index (χ3n) is 11.1. The summed E-state index contributed by atoms with van der Waals surface area (Å²) < 4.78 is 15.6. The van der Waals surface area contributed by atoms with E-state index in [9.17, 15) is 15.0 Å². The summed E-state index contributed by atoms with van der Waals surface area (Å²) in [5, 5.41) is 25.2. The highest BCUT2D eigenvalue weighted by Crippen LogP contribution is 2.60. The van der Waals surface area contributed by atoms with Crippen molar-refractivity contribution in [2.45, 2.75) is 49.5 Å². The molecule has 1 aromatic heterocycles. The Morgan fingerprint density at radius 1 is 0.863 bits per heavy atom. The lowest BCUT2D eigenvalue weighted by molar-refractivity contribution is -0.696. The number of aromatic nitrogens is 2. The third-order valence-corrected chi connectivity index (χ3v) is 11.1. The Morgan fingerprint density at radius 2 is 1.49 bits per heavy atom. The number of halogens is 1. The normalized spacial score (nSPS) is 22.1. The van der Waals surface area contributed by atoms with Gasteiger partial charge in [-0.2, -0.15) is 0 Å². The van der Waals surface area contributed by atoms with Crippen LogP contribution in [0.2, 0.25) is 0 Å². The predicted octanol–water partition coefficient (Wildman–Crippen LogP) is 2.34. The molecular formula is C42H46BrN3O5. The number of aryl methyl sites for hydroxylation is 1. The second-order valence-electron chi connectivity index (χ2n) is 13.7. The lowest BCUT2D eigenvalue weighted by Crippen LogP contribution is -3.00. The Labute approximate surface area is 310 Å². The molecule has 0 radical (unpaired) electrons. The van der Waals surface area contributed by atoms with Crippen LogP contribution in [0.25, 0.3) is 0 Å². The van der Waals surface area contributed by atoms with Gasteiger partial charge in [0.05, 0.1) is 26.9 Å². The second kappa shape index (κ2) is 15.4. The first kappa shape index (κ1) is 36.4. The number of imidazole rings is 1. The van der Waals surface area contributed by atoms with Crippen LogP contribution in [0.1, 0.15) is 41.5 Å². The average molecular weight is 753 g/mol. The van der Waals surface area contributed by atoms with Gasteiger partial charge >= 0.3 is 0 Å². The van der Waals surface area contributed by atoms with E-state index in [1.807, 2.05) is 59.5 Å². The number of ether oxygens (including phenoxy) is 2. The molecule has 1 aliphatic heterocycles. The molecule has 0 spiro atoms. The number of methoxy groups -OCH3 is 2. The summed E-state index contributed by atoms with van der Waals surface area (Å²) >= 11 is 0. The first-order valence-electron chi connectivity index (χ1n) is 17.5. The zero-order valence-electron chi connectivity index (χ0n) is 29.1. The average Bonchev–Trinajstić information content (AvgIpc) is 3.82. The minimum absolute atomic E-state index is 0. The summed E-state index contributed by atoms with van der Waals surface area (Å²) in [6.07, 6.45) is 6.35. The molecule has 5 aromatic rings. The standard InChI is InChI=1S/C42H46N3O5.BrH/c1-49-34-20-21-38(50-2)35(25-34)42(48)37-29-45(40(47)19-12-22-43-23-24-44(30-43)27-31-13-6-3-7-14-31)28-36(37)41(26-39(42)46,32-15-8-4-9-16-32)33-17-10-5-11-18-33;/h3-11,13-18,20-21,23-25,30,36-37,39,46,48H,12,19,22,26-29H2,1-2H3;1H/q+1;/p-1/t36-,37+,39-,42+;/m1./s1. The molecule has 1 saturated heterocycles. The molecule has 4 atom stereocenters. The number of fused-ring (bicyclic) bond motifs is 1. The van der Waals surface area contributed by atoms with Gasteiger partial charge in [0.15, 0.2) is 0 Å². The van der Waals surface area contributed by atoms with Gasteiger partial charge in [0, 0.05) is 36.4 Å². The van der Waals surface area contributed by atoms with Crippen LogP contribution in [0, 0.1) is 11.8 Å². The van der Waals surface area contributed by atoms with Crippen molar-refractivity contribution < 1.29 is 46.0 Å². The van der Waals surface area contributed by atoms with Crippen LogP contribution in [0.5, 0.6) is 11.5 Å². The lowest BCUT2D eigenvalue weighted by Gasteiger charge is -2.55. The Morgan fingerprint density at radius 3 is 2.12 bits per heavy atom. The van der Waals surface area contributed by atoms with Gasteiger partial charge in [-0.15, -0.1) is 0 Å². The van der Waals surface area contributed by atoms with Gasteiger partial charge in [0.1, 0.15) is 36.0 Å². The van der Waals surface area contributed by atoms with Crippen molar-refractivity contribution in [3.05, 3.63) is 150 Å². The minimum atomic E-state index is -1.70. The number of hydrogen-bond donors (Lipinski definition) is 2. The van der Waals surface area contributed by atoms with Gasteiger partial charge in [0.25, 0.3) is 0 Å². The van der Waals surface area contributed by atoms with Crippen molar-refractivity contribution in [3.63, 3.8) is 0 Å². The summed E-state index contributed by atoms with van der Waals surface area (Å²) in [4.78, 5) is 16.0. The predicted molar refractivity (Wildman–Crippen MR) is 191 cm³/mol. The van der Waals surface area contributed by atoms with E-state index in [1.54, 1.807) is 32.4 Å². The molecule has 1 saturated carbocycles. The minimum Gasteiger partial charge on any atom is -1.00 e. The van der Waals surface area contributed by atoms with E-state index in [-0.39, 0.29) is 35.2 Å². The number of benzene rings is 4.